The molecule has 1 aliphatic heterocycles. The highest BCUT2D eigenvalue weighted by Gasteiger charge is 2.24. The normalized spacial score (nSPS) is 13.6. The van der Waals surface area contributed by atoms with E-state index in [1.807, 2.05) is 43.0 Å². The number of anilines is 2. The van der Waals surface area contributed by atoms with Gasteiger partial charge in [0.15, 0.2) is 10.9 Å². The fourth-order valence-electron chi connectivity index (χ4n) is 4.01. The van der Waals surface area contributed by atoms with Gasteiger partial charge >= 0.3 is 0 Å². The van der Waals surface area contributed by atoms with E-state index in [0.29, 0.717) is 47.5 Å². The number of thiocarbonyl (C=S) groups is 1. The van der Waals surface area contributed by atoms with E-state index in [1.165, 1.54) is 0 Å². The zero-order valence-electron chi connectivity index (χ0n) is 19.9. The predicted octanol–water partition coefficient (Wildman–Crippen LogP) is 5.68. The van der Waals surface area contributed by atoms with E-state index in [2.05, 4.69) is 15.5 Å². The summed E-state index contributed by atoms with van der Waals surface area (Å²) in [4.78, 5) is 29.1. The van der Waals surface area contributed by atoms with Crippen molar-refractivity contribution in [1.29, 1.82) is 0 Å². The van der Waals surface area contributed by atoms with Crippen molar-refractivity contribution in [3.8, 4) is 11.3 Å². The van der Waals surface area contributed by atoms with Gasteiger partial charge in [0.1, 0.15) is 5.76 Å². The van der Waals surface area contributed by atoms with Gasteiger partial charge in [-0.05, 0) is 48.6 Å². The number of furan rings is 1. The Morgan fingerprint density at radius 1 is 0.972 bits per heavy atom. The molecule has 0 bridgehead atoms. The fourth-order valence-corrected chi connectivity index (χ4v) is 4.60. The number of amides is 2. The van der Waals surface area contributed by atoms with Crippen LogP contribution >= 0.6 is 35.4 Å². The van der Waals surface area contributed by atoms with Gasteiger partial charge in [-0.1, -0.05) is 55.2 Å². The third-order valence-electron chi connectivity index (χ3n) is 5.85. The first-order valence-electron chi connectivity index (χ1n) is 11.5. The molecule has 2 aromatic carbocycles. The maximum atomic E-state index is 12.7. The van der Waals surface area contributed by atoms with Gasteiger partial charge in [-0.25, -0.2) is 0 Å². The van der Waals surface area contributed by atoms with Crippen LogP contribution in [0.1, 0.15) is 24.4 Å². The molecule has 2 heterocycles. The highest BCUT2D eigenvalue weighted by atomic mass is 35.5. The predicted molar refractivity (Wildman–Crippen MR) is 148 cm³/mol. The Morgan fingerprint density at radius 2 is 1.69 bits per heavy atom. The number of benzene rings is 2. The van der Waals surface area contributed by atoms with Crippen LogP contribution in [0.3, 0.4) is 0 Å². The summed E-state index contributed by atoms with van der Waals surface area (Å²) in [6.45, 7) is 6.56. The minimum Gasteiger partial charge on any atom is -0.451 e. The fraction of sp³-hybridized carbons (Fsp3) is 0.269. The second-order valence-corrected chi connectivity index (χ2v) is 9.85. The molecule has 1 saturated heterocycles. The number of nitrogens with zero attached hydrogens (tertiary/aromatic N) is 2. The lowest BCUT2D eigenvalue weighted by atomic mass is 10.1. The Hall–Kier alpha value is -3.07. The standard InChI is InChI=1S/C26H26Cl2N4O3S/c1-16(2)25(34)32-14-12-31(13-15-32)20-9-4-3-8-19(20)29-26(36)30-24(33)22-11-10-21(35-22)17-6-5-7-18(27)23(17)28/h3-11,16H,12-15H2,1-2H3,(H2,29,30,33,36). The molecule has 188 valence electrons. The van der Waals surface area contributed by atoms with E-state index in [-0.39, 0.29) is 22.7 Å². The van der Waals surface area contributed by atoms with Crippen molar-refractivity contribution in [1.82, 2.24) is 10.2 Å². The number of nitrogens with one attached hydrogen (secondary N) is 2. The van der Waals surface area contributed by atoms with Gasteiger partial charge in [-0.3, -0.25) is 14.9 Å². The van der Waals surface area contributed by atoms with Crippen LogP contribution in [0.4, 0.5) is 11.4 Å². The third-order valence-corrected chi connectivity index (χ3v) is 6.88. The summed E-state index contributed by atoms with van der Waals surface area (Å²) in [6.07, 6.45) is 0. The average molecular weight is 545 g/mol. The number of halogens is 2. The molecule has 4 rings (SSSR count). The molecular weight excluding hydrogens is 519 g/mol. The van der Waals surface area contributed by atoms with Crippen molar-refractivity contribution in [2.75, 3.05) is 36.4 Å². The first-order chi connectivity index (χ1) is 17.2. The average Bonchev–Trinajstić information content (AvgIpc) is 3.36. The number of rotatable bonds is 5. The molecule has 0 unspecified atom stereocenters. The molecule has 1 aliphatic rings. The van der Waals surface area contributed by atoms with Crippen LogP contribution in [-0.4, -0.2) is 48.0 Å². The van der Waals surface area contributed by atoms with Gasteiger partial charge in [-0.2, -0.15) is 0 Å². The number of para-hydroxylation sites is 2. The topological polar surface area (TPSA) is 77.8 Å². The Morgan fingerprint density at radius 3 is 2.42 bits per heavy atom. The molecule has 0 saturated carbocycles. The highest BCUT2D eigenvalue weighted by Crippen LogP contribution is 2.34. The second-order valence-electron chi connectivity index (χ2n) is 8.66. The molecule has 1 aromatic heterocycles. The lowest BCUT2D eigenvalue weighted by Crippen LogP contribution is -2.50. The molecule has 1 fully saturated rings. The SMILES string of the molecule is CC(C)C(=O)N1CCN(c2ccccc2NC(=S)NC(=O)c2ccc(-c3cccc(Cl)c3Cl)o2)CC1. The molecule has 0 spiro atoms. The van der Waals surface area contributed by atoms with Gasteiger partial charge in [0.25, 0.3) is 5.91 Å². The van der Waals surface area contributed by atoms with Crippen LogP contribution in [0, 0.1) is 5.92 Å². The van der Waals surface area contributed by atoms with E-state index in [0.717, 1.165) is 11.4 Å². The van der Waals surface area contributed by atoms with Gasteiger partial charge in [0, 0.05) is 37.7 Å². The lowest BCUT2D eigenvalue weighted by molar-refractivity contribution is -0.134. The van der Waals surface area contributed by atoms with E-state index in [9.17, 15) is 9.59 Å². The second kappa shape index (κ2) is 11.3. The van der Waals surface area contributed by atoms with Gasteiger partial charge in [-0.15, -0.1) is 0 Å². The molecule has 7 nitrogen and oxygen atoms in total. The maximum absolute atomic E-state index is 12.7. The smallest absolute Gasteiger partial charge is 0.293 e. The number of hydrogen-bond acceptors (Lipinski definition) is 5. The van der Waals surface area contributed by atoms with Crippen LogP contribution in [-0.2, 0) is 4.79 Å². The van der Waals surface area contributed by atoms with Gasteiger partial charge in [0.05, 0.1) is 21.4 Å². The Bertz CT molecular complexity index is 1290. The Labute approximate surface area is 225 Å². The van der Waals surface area contributed by atoms with Crippen LogP contribution in [0.2, 0.25) is 10.0 Å². The van der Waals surface area contributed by atoms with Crippen LogP contribution < -0.4 is 15.5 Å². The molecule has 3 aromatic rings. The van der Waals surface area contributed by atoms with Crippen molar-refractivity contribution in [2.24, 2.45) is 5.92 Å². The van der Waals surface area contributed by atoms with Gasteiger partial charge < -0.3 is 19.5 Å². The molecule has 0 atom stereocenters. The van der Waals surface area contributed by atoms with E-state index in [4.69, 9.17) is 39.8 Å². The summed E-state index contributed by atoms with van der Waals surface area (Å²) >= 11 is 17.7. The van der Waals surface area contributed by atoms with E-state index in [1.54, 1.807) is 30.3 Å². The molecule has 2 amide bonds. The molecular formula is C26H26Cl2N4O3S. The minimum atomic E-state index is -0.491. The number of piperazine rings is 1. The summed E-state index contributed by atoms with van der Waals surface area (Å²) < 4.78 is 5.70. The van der Waals surface area contributed by atoms with E-state index < -0.39 is 5.91 Å². The molecule has 0 radical (unpaired) electrons. The van der Waals surface area contributed by atoms with Crippen molar-refractivity contribution in [2.45, 2.75) is 13.8 Å². The largest absolute Gasteiger partial charge is 0.451 e. The maximum Gasteiger partial charge on any atom is 0.293 e. The van der Waals surface area contributed by atoms with Crippen molar-refractivity contribution < 1.29 is 14.0 Å². The van der Waals surface area contributed by atoms with E-state index >= 15 is 0 Å². The van der Waals surface area contributed by atoms with Crippen LogP contribution in [0.25, 0.3) is 11.3 Å². The third kappa shape index (κ3) is 5.83. The summed E-state index contributed by atoms with van der Waals surface area (Å²) in [5.41, 5.74) is 2.30. The monoisotopic (exact) mass is 544 g/mol. The summed E-state index contributed by atoms with van der Waals surface area (Å²) in [6, 6.07) is 16.1. The molecule has 36 heavy (non-hydrogen) atoms. The van der Waals surface area contributed by atoms with Gasteiger partial charge in [0.2, 0.25) is 5.91 Å². The molecule has 0 aliphatic carbocycles. The number of carbonyl (C=O) groups is 2. The van der Waals surface area contributed by atoms with Crippen molar-refractivity contribution >= 4 is 63.7 Å². The number of carbonyl (C=O) groups excluding carboxylic acids is 2. The minimum absolute atomic E-state index is 0.0146. The number of hydrogen-bond donors (Lipinski definition) is 2. The molecule has 2 N–H and O–H groups in total. The summed E-state index contributed by atoms with van der Waals surface area (Å²) in [5, 5.41) is 6.66. The zero-order chi connectivity index (χ0) is 25.8. The Kier molecular flexibility index (Phi) is 8.18. The summed E-state index contributed by atoms with van der Waals surface area (Å²) in [5.74, 6) is 0.175. The van der Waals surface area contributed by atoms with Crippen molar-refractivity contribution in [3.05, 3.63) is 70.4 Å². The zero-order valence-corrected chi connectivity index (χ0v) is 22.2. The Balaban J connectivity index is 1.39. The first kappa shape index (κ1) is 26.0. The lowest BCUT2D eigenvalue weighted by Gasteiger charge is -2.37. The first-order valence-corrected chi connectivity index (χ1v) is 12.7. The highest BCUT2D eigenvalue weighted by molar-refractivity contribution is 7.80. The van der Waals surface area contributed by atoms with Crippen LogP contribution in [0.5, 0.6) is 0 Å². The van der Waals surface area contributed by atoms with Crippen LogP contribution in [0.15, 0.2) is 59.0 Å². The quantitative estimate of drug-likeness (QED) is 0.402. The molecule has 10 heteroatoms. The summed E-state index contributed by atoms with van der Waals surface area (Å²) in [7, 11) is 0. The van der Waals surface area contributed by atoms with Crippen molar-refractivity contribution in [3.63, 3.8) is 0 Å².